The first-order chi connectivity index (χ1) is 8.15. The van der Waals surface area contributed by atoms with Gasteiger partial charge in [-0.2, -0.15) is 0 Å². The Morgan fingerprint density at radius 2 is 1.71 bits per heavy atom. The van der Waals surface area contributed by atoms with Crippen molar-refractivity contribution < 1.29 is 5.11 Å². The average Bonchev–Trinajstić information content (AvgIpc) is 2.30. The molecule has 0 bridgehead atoms. The zero-order valence-electron chi connectivity index (χ0n) is 10.2. The Morgan fingerprint density at radius 3 is 2.35 bits per heavy atom. The van der Waals surface area contributed by atoms with E-state index in [0.717, 1.165) is 17.8 Å². The van der Waals surface area contributed by atoms with Gasteiger partial charge in [-0.1, -0.05) is 29.8 Å². The minimum atomic E-state index is 0.309. The van der Waals surface area contributed by atoms with Crippen LogP contribution in [-0.2, 0) is 6.54 Å². The molecule has 0 fully saturated rings. The zero-order chi connectivity index (χ0) is 12.3. The van der Waals surface area contributed by atoms with Gasteiger partial charge in [-0.3, -0.25) is 0 Å². The lowest BCUT2D eigenvalue weighted by Gasteiger charge is -2.10. The first kappa shape index (κ1) is 11.5. The van der Waals surface area contributed by atoms with Gasteiger partial charge in [0.15, 0.2) is 0 Å². The Morgan fingerprint density at radius 1 is 1.00 bits per heavy atom. The summed E-state index contributed by atoms with van der Waals surface area (Å²) in [5.74, 6) is 0.309. The summed E-state index contributed by atoms with van der Waals surface area (Å²) in [7, 11) is 0. The van der Waals surface area contributed by atoms with Gasteiger partial charge in [0.2, 0.25) is 0 Å². The van der Waals surface area contributed by atoms with E-state index in [0.29, 0.717) is 5.75 Å². The molecule has 17 heavy (non-hydrogen) atoms. The SMILES string of the molecule is Cc1ccc(CNc2ccc(O)cc2C)cc1. The molecule has 0 radical (unpaired) electrons. The van der Waals surface area contributed by atoms with Gasteiger partial charge in [0.25, 0.3) is 0 Å². The summed E-state index contributed by atoms with van der Waals surface area (Å²) in [4.78, 5) is 0. The molecule has 0 aliphatic carbocycles. The summed E-state index contributed by atoms with van der Waals surface area (Å²) in [5, 5.41) is 12.7. The number of aryl methyl sites for hydroxylation is 2. The fraction of sp³-hybridized carbons (Fsp3) is 0.200. The zero-order valence-corrected chi connectivity index (χ0v) is 10.2. The molecule has 2 N–H and O–H groups in total. The van der Waals surface area contributed by atoms with Crippen LogP contribution in [0.2, 0.25) is 0 Å². The molecule has 0 aliphatic heterocycles. The normalized spacial score (nSPS) is 10.2. The highest BCUT2D eigenvalue weighted by Gasteiger charge is 1.99. The molecule has 0 saturated heterocycles. The summed E-state index contributed by atoms with van der Waals surface area (Å²) >= 11 is 0. The second-order valence-electron chi connectivity index (χ2n) is 4.34. The van der Waals surface area contributed by atoms with Crippen molar-refractivity contribution in [1.29, 1.82) is 0 Å². The molecule has 2 heteroatoms. The van der Waals surface area contributed by atoms with E-state index in [2.05, 4.69) is 36.5 Å². The van der Waals surface area contributed by atoms with E-state index >= 15 is 0 Å². The molecular formula is C15H17NO. The number of phenols is 1. The summed E-state index contributed by atoms with van der Waals surface area (Å²) < 4.78 is 0. The van der Waals surface area contributed by atoms with Crippen LogP contribution < -0.4 is 5.32 Å². The lowest BCUT2D eigenvalue weighted by Crippen LogP contribution is -2.00. The average molecular weight is 227 g/mol. The summed E-state index contributed by atoms with van der Waals surface area (Å²) in [6, 6.07) is 13.8. The largest absolute Gasteiger partial charge is 0.508 e. The molecule has 0 spiro atoms. The molecular weight excluding hydrogens is 210 g/mol. The highest BCUT2D eigenvalue weighted by molar-refractivity contribution is 5.53. The molecule has 2 aromatic rings. The molecule has 0 saturated carbocycles. The van der Waals surface area contributed by atoms with Crippen LogP contribution >= 0.6 is 0 Å². The number of nitrogens with one attached hydrogen (secondary N) is 1. The molecule has 2 aromatic carbocycles. The van der Waals surface area contributed by atoms with E-state index < -0.39 is 0 Å². The topological polar surface area (TPSA) is 32.3 Å². The summed E-state index contributed by atoms with van der Waals surface area (Å²) in [6.07, 6.45) is 0. The number of hydrogen-bond donors (Lipinski definition) is 2. The van der Waals surface area contributed by atoms with Gasteiger partial charge in [0, 0.05) is 12.2 Å². The Labute approximate surface area is 102 Å². The molecule has 0 amide bonds. The van der Waals surface area contributed by atoms with Crippen molar-refractivity contribution in [3.8, 4) is 5.75 Å². The van der Waals surface area contributed by atoms with Crippen molar-refractivity contribution in [3.63, 3.8) is 0 Å². The van der Waals surface area contributed by atoms with Crippen molar-refractivity contribution in [3.05, 3.63) is 59.2 Å². The minimum Gasteiger partial charge on any atom is -0.508 e. The van der Waals surface area contributed by atoms with E-state index in [4.69, 9.17) is 0 Å². The molecule has 0 aliphatic rings. The molecule has 2 nitrogen and oxygen atoms in total. The van der Waals surface area contributed by atoms with Crippen LogP contribution in [0.15, 0.2) is 42.5 Å². The first-order valence-electron chi connectivity index (χ1n) is 5.74. The summed E-state index contributed by atoms with van der Waals surface area (Å²) in [5.41, 5.74) is 4.64. The maximum Gasteiger partial charge on any atom is 0.115 e. The van der Waals surface area contributed by atoms with Gasteiger partial charge in [0.05, 0.1) is 0 Å². The Hall–Kier alpha value is -1.96. The van der Waals surface area contributed by atoms with Crippen molar-refractivity contribution in [2.24, 2.45) is 0 Å². The Balaban J connectivity index is 2.04. The van der Waals surface area contributed by atoms with Gasteiger partial charge < -0.3 is 10.4 Å². The lowest BCUT2D eigenvalue weighted by molar-refractivity contribution is 0.475. The molecule has 0 heterocycles. The molecule has 0 unspecified atom stereocenters. The maximum absolute atomic E-state index is 9.33. The van der Waals surface area contributed by atoms with Gasteiger partial charge in [-0.05, 0) is 43.2 Å². The number of anilines is 1. The van der Waals surface area contributed by atoms with Crippen LogP contribution in [-0.4, -0.2) is 5.11 Å². The van der Waals surface area contributed by atoms with Crippen molar-refractivity contribution in [2.45, 2.75) is 20.4 Å². The van der Waals surface area contributed by atoms with Gasteiger partial charge in [-0.25, -0.2) is 0 Å². The van der Waals surface area contributed by atoms with E-state index in [-0.39, 0.29) is 0 Å². The third kappa shape index (κ3) is 3.00. The molecule has 88 valence electrons. The Kier molecular flexibility index (Phi) is 3.33. The van der Waals surface area contributed by atoms with Gasteiger partial charge >= 0.3 is 0 Å². The van der Waals surface area contributed by atoms with Gasteiger partial charge in [-0.15, -0.1) is 0 Å². The number of phenolic OH excluding ortho intramolecular Hbond substituents is 1. The molecule has 0 atom stereocenters. The first-order valence-corrected chi connectivity index (χ1v) is 5.74. The Bertz CT molecular complexity index is 503. The van der Waals surface area contributed by atoms with Gasteiger partial charge in [0.1, 0.15) is 5.75 Å². The van der Waals surface area contributed by atoms with Crippen molar-refractivity contribution in [1.82, 2.24) is 0 Å². The quantitative estimate of drug-likeness (QED) is 0.785. The van der Waals surface area contributed by atoms with Crippen LogP contribution in [0.3, 0.4) is 0 Å². The number of hydrogen-bond acceptors (Lipinski definition) is 2. The van der Waals surface area contributed by atoms with E-state index in [9.17, 15) is 5.11 Å². The fourth-order valence-corrected chi connectivity index (χ4v) is 1.75. The number of rotatable bonds is 3. The maximum atomic E-state index is 9.33. The predicted octanol–water partition coefficient (Wildman–Crippen LogP) is 3.62. The third-order valence-electron chi connectivity index (χ3n) is 2.81. The predicted molar refractivity (Wildman–Crippen MR) is 71.3 cm³/mol. The van der Waals surface area contributed by atoms with E-state index in [1.165, 1.54) is 11.1 Å². The van der Waals surface area contributed by atoms with Crippen LogP contribution in [0.4, 0.5) is 5.69 Å². The van der Waals surface area contributed by atoms with Crippen LogP contribution in [0.5, 0.6) is 5.75 Å². The highest BCUT2D eigenvalue weighted by Crippen LogP contribution is 2.20. The van der Waals surface area contributed by atoms with E-state index in [1.54, 1.807) is 12.1 Å². The van der Waals surface area contributed by atoms with Crippen LogP contribution in [0.1, 0.15) is 16.7 Å². The van der Waals surface area contributed by atoms with E-state index in [1.807, 2.05) is 13.0 Å². The van der Waals surface area contributed by atoms with Crippen molar-refractivity contribution >= 4 is 5.69 Å². The summed E-state index contributed by atoms with van der Waals surface area (Å²) in [6.45, 7) is 4.87. The smallest absolute Gasteiger partial charge is 0.115 e. The lowest BCUT2D eigenvalue weighted by atomic mass is 10.1. The minimum absolute atomic E-state index is 0.309. The van der Waals surface area contributed by atoms with Crippen LogP contribution in [0, 0.1) is 13.8 Å². The monoisotopic (exact) mass is 227 g/mol. The number of aromatic hydroxyl groups is 1. The molecule has 2 rings (SSSR count). The molecule has 0 aromatic heterocycles. The van der Waals surface area contributed by atoms with Crippen molar-refractivity contribution in [2.75, 3.05) is 5.32 Å². The second-order valence-corrected chi connectivity index (χ2v) is 4.34. The standard InChI is InChI=1S/C15H17NO/c1-11-3-5-13(6-4-11)10-16-15-8-7-14(17)9-12(15)2/h3-9,16-17H,10H2,1-2H3. The highest BCUT2D eigenvalue weighted by atomic mass is 16.3. The third-order valence-corrected chi connectivity index (χ3v) is 2.81. The fourth-order valence-electron chi connectivity index (χ4n) is 1.75. The number of benzene rings is 2. The van der Waals surface area contributed by atoms with Crippen LogP contribution in [0.25, 0.3) is 0 Å². The second kappa shape index (κ2) is 4.91.